The molecule has 160 valence electrons. The largest absolute Gasteiger partial charge is 0.352 e. The molecule has 0 aliphatic rings. The number of unbranched alkanes of at least 4 members (excludes halogenated alkanes) is 2. The van der Waals surface area contributed by atoms with Gasteiger partial charge in [0.2, 0.25) is 0 Å². The quantitative estimate of drug-likeness (QED) is 0.145. The highest BCUT2D eigenvalue weighted by atomic mass is 35.5. The van der Waals surface area contributed by atoms with Gasteiger partial charge in [-0.05, 0) is 24.1 Å². The monoisotopic (exact) mass is 444 g/mol. The van der Waals surface area contributed by atoms with E-state index in [1.807, 2.05) is 41.3 Å². The molecule has 7 heteroatoms. The van der Waals surface area contributed by atoms with E-state index in [9.17, 15) is 4.79 Å². The van der Waals surface area contributed by atoms with Crippen molar-refractivity contribution in [1.82, 2.24) is 15.3 Å². The van der Waals surface area contributed by atoms with E-state index in [0.717, 1.165) is 30.6 Å². The highest BCUT2D eigenvalue weighted by Crippen LogP contribution is 2.25. The Balaban J connectivity index is 1.97. The van der Waals surface area contributed by atoms with Crippen molar-refractivity contribution in [1.29, 1.82) is 0 Å². The molecule has 30 heavy (non-hydrogen) atoms. The highest BCUT2D eigenvalue weighted by molar-refractivity contribution is 7.98. The molecule has 1 amide bonds. The summed E-state index contributed by atoms with van der Waals surface area (Å²) in [4.78, 5) is 23.1. The number of thioether (sulfide) groups is 1. The molecule has 0 spiro atoms. The van der Waals surface area contributed by atoms with Gasteiger partial charge >= 0.3 is 0 Å². The molecule has 2 rings (SSSR count). The molecule has 0 saturated carbocycles. The van der Waals surface area contributed by atoms with E-state index in [-0.39, 0.29) is 5.91 Å². The summed E-state index contributed by atoms with van der Waals surface area (Å²) >= 11 is 7.71. The van der Waals surface area contributed by atoms with E-state index in [1.165, 1.54) is 11.8 Å². The second-order valence-electron chi connectivity index (χ2n) is 6.76. The Hall–Kier alpha value is -2.31. The number of nitrogens with one attached hydrogen (secondary N) is 1. The lowest BCUT2D eigenvalue weighted by Gasteiger charge is -2.20. The predicted molar refractivity (Wildman–Crippen MR) is 128 cm³/mol. The van der Waals surface area contributed by atoms with Crippen LogP contribution in [-0.4, -0.2) is 35.5 Å². The minimum Gasteiger partial charge on any atom is -0.352 e. The Morgan fingerprint density at radius 1 is 1.17 bits per heavy atom. The molecule has 0 radical (unpaired) electrons. The molecule has 2 aromatic rings. The number of rotatable bonds is 13. The predicted octanol–water partition coefficient (Wildman–Crippen LogP) is 5.52. The standard InChI is InChI=1S/C23H29ClN4OS/c1-4-7-8-13-25-22(29)19-11-9-18(10-12-19)17-30-23-26-20(24)16-21(27-23)28(14-5-2)15-6-3/h5-6,9-12,16H,2-4,7-8,13-15,17H2,1H3,(H,25,29). The Morgan fingerprint density at radius 2 is 1.87 bits per heavy atom. The molecule has 0 aliphatic carbocycles. The van der Waals surface area contributed by atoms with Crippen molar-refractivity contribution in [2.45, 2.75) is 37.1 Å². The number of nitrogens with zero attached hydrogens (tertiary/aromatic N) is 3. The molecular formula is C23H29ClN4OS. The van der Waals surface area contributed by atoms with Crippen LogP contribution in [0.1, 0.15) is 42.1 Å². The number of hydrogen-bond donors (Lipinski definition) is 1. The molecule has 0 bridgehead atoms. The zero-order valence-corrected chi connectivity index (χ0v) is 19.0. The van der Waals surface area contributed by atoms with Gasteiger partial charge in [-0.15, -0.1) is 13.2 Å². The molecule has 0 atom stereocenters. The van der Waals surface area contributed by atoms with Crippen molar-refractivity contribution in [3.63, 3.8) is 0 Å². The van der Waals surface area contributed by atoms with Gasteiger partial charge in [0.1, 0.15) is 11.0 Å². The summed E-state index contributed by atoms with van der Waals surface area (Å²) in [6, 6.07) is 9.37. The number of anilines is 1. The molecule has 5 nitrogen and oxygen atoms in total. The minimum absolute atomic E-state index is 0.0300. The summed E-state index contributed by atoms with van der Waals surface area (Å²) in [5.41, 5.74) is 1.76. The molecular weight excluding hydrogens is 416 g/mol. The molecule has 0 unspecified atom stereocenters. The van der Waals surface area contributed by atoms with Gasteiger partial charge in [-0.1, -0.05) is 67.4 Å². The third-order valence-corrected chi connectivity index (χ3v) is 5.45. The van der Waals surface area contributed by atoms with Crippen LogP contribution in [0.3, 0.4) is 0 Å². The Kier molecular flexibility index (Phi) is 10.5. The zero-order valence-electron chi connectivity index (χ0n) is 17.4. The number of carbonyl (C=O) groups excluding carboxylic acids is 1. The van der Waals surface area contributed by atoms with E-state index in [1.54, 1.807) is 6.07 Å². The van der Waals surface area contributed by atoms with Crippen LogP contribution in [0.25, 0.3) is 0 Å². The summed E-state index contributed by atoms with van der Waals surface area (Å²) in [6.45, 7) is 11.7. The van der Waals surface area contributed by atoms with Crippen molar-refractivity contribution in [3.8, 4) is 0 Å². The van der Waals surface area contributed by atoms with Crippen molar-refractivity contribution < 1.29 is 4.79 Å². The highest BCUT2D eigenvalue weighted by Gasteiger charge is 2.10. The zero-order chi connectivity index (χ0) is 21.8. The van der Waals surface area contributed by atoms with Crippen LogP contribution in [0.15, 0.2) is 60.8 Å². The van der Waals surface area contributed by atoms with Gasteiger partial charge in [-0.25, -0.2) is 9.97 Å². The maximum atomic E-state index is 12.2. The number of amides is 1. The van der Waals surface area contributed by atoms with Crippen LogP contribution in [0, 0.1) is 0 Å². The fourth-order valence-corrected chi connectivity index (χ4v) is 3.80. The summed E-state index contributed by atoms with van der Waals surface area (Å²) in [6.07, 6.45) is 6.90. The van der Waals surface area contributed by atoms with Crippen LogP contribution in [0.5, 0.6) is 0 Å². The first-order valence-electron chi connectivity index (χ1n) is 10.1. The fourth-order valence-electron chi connectivity index (χ4n) is 2.76. The number of halogens is 1. The Bertz CT molecular complexity index is 832. The van der Waals surface area contributed by atoms with Crippen LogP contribution in [0.4, 0.5) is 5.82 Å². The van der Waals surface area contributed by atoms with Crippen molar-refractivity contribution in [3.05, 3.63) is 71.9 Å². The molecule has 1 aromatic heterocycles. The lowest BCUT2D eigenvalue weighted by molar-refractivity contribution is 0.0953. The molecule has 0 fully saturated rings. The van der Waals surface area contributed by atoms with Gasteiger partial charge in [-0.3, -0.25) is 4.79 Å². The maximum Gasteiger partial charge on any atom is 0.251 e. The first-order valence-corrected chi connectivity index (χ1v) is 11.4. The number of aromatic nitrogens is 2. The van der Waals surface area contributed by atoms with Gasteiger partial charge in [0.15, 0.2) is 5.16 Å². The van der Waals surface area contributed by atoms with Gasteiger partial charge in [0.05, 0.1) is 0 Å². The number of hydrogen-bond acceptors (Lipinski definition) is 5. The molecule has 1 aromatic carbocycles. The Morgan fingerprint density at radius 3 is 2.50 bits per heavy atom. The van der Waals surface area contributed by atoms with E-state index in [2.05, 4.69) is 35.4 Å². The lowest BCUT2D eigenvalue weighted by Crippen LogP contribution is -2.24. The normalized spacial score (nSPS) is 10.5. The second kappa shape index (κ2) is 13.1. The number of carbonyl (C=O) groups is 1. The van der Waals surface area contributed by atoms with Gasteiger partial charge in [0.25, 0.3) is 5.91 Å². The SMILES string of the molecule is C=CCN(CC=C)c1cc(Cl)nc(SCc2ccc(C(=O)NCCCCC)cc2)n1. The summed E-state index contributed by atoms with van der Waals surface area (Å²) in [5, 5.41) is 3.96. The van der Waals surface area contributed by atoms with E-state index < -0.39 is 0 Å². The third kappa shape index (κ3) is 7.84. The van der Waals surface area contributed by atoms with Crippen molar-refractivity contribution in [2.75, 3.05) is 24.5 Å². The topological polar surface area (TPSA) is 58.1 Å². The Labute approximate surface area is 188 Å². The molecule has 1 N–H and O–H groups in total. The van der Waals surface area contributed by atoms with E-state index in [4.69, 9.17) is 11.6 Å². The first kappa shape index (κ1) is 24.0. The van der Waals surface area contributed by atoms with Crippen LogP contribution >= 0.6 is 23.4 Å². The summed E-state index contributed by atoms with van der Waals surface area (Å²) < 4.78 is 0. The summed E-state index contributed by atoms with van der Waals surface area (Å²) in [5.74, 6) is 1.39. The first-order chi connectivity index (χ1) is 14.6. The smallest absolute Gasteiger partial charge is 0.251 e. The van der Waals surface area contributed by atoms with Crippen molar-refractivity contribution in [2.24, 2.45) is 0 Å². The fraction of sp³-hybridized carbons (Fsp3) is 0.348. The van der Waals surface area contributed by atoms with Crippen molar-refractivity contribution >= 4 is 35.1 Å². The number of benzene rings is 1. The van der Waals surface area contributed by atoms with Crippen LogP contribution < -0.4 is 10.2 Å². The molecule has 0 saturated heterocycles. The van der Waals surface area contributed by atoms with Gasteiger partial charge in [-0.2, -0.15) is 0 Å². The average molecular weight is 445 g/mol. The minimum atomic E-state index is -0.0300. The second-order valence-corrected chi connectivity index (χ2v) is 8.09. The lowest BCUT2D eigenvalue weighted by atomic mass is 10.1. The molecule has 1 heterocycles. The summed E-state index contributed by atoms with van der Waals surface area (Å²) in [7, 11) is 0. The van der Waals surface area contributed by atoms with Crippen LogP contribution in [-0.2, 0) is 5.75 Å². The van der Waals surface area contributed by atoms with Gasteiger partial charge in [0, 0.05) is 37.0 Å². The van der Waals surface area contributed by atoms with E-state index >= 15 is 0 Å². The third-order valence-electron chi connectivity index (χ3n) is 4.33. The van der Waals surface area contributed by atoms with Crippen LogP contribution in [0.2, 0.25) is 5.15 Å². The molecule has 0 aliphatic heterocycles. The maximum absolute atomic E-state index is 12.2. The van der Waals surface area contributed by atoms with E-state index in [0.29, 0.717) is 41.3 Å². The average Bonchev–Trinajstić information content (AvgIpc) is 2.75. The van der Waals surface area contributed by atoms with Gasteiger partial charge < -0.3 is 10.2 Å².